The third-order valence-corrected chi connectivity index (χ3v) is 19.1. The number of rotatable bonds is 8. The summed E-state index contributed by atoms with van der Waals surface area (Å²) >= 11 is 0. The maximum atomic E-state index is 10.5. The molecule has 0 saturated heterocycles. The van der Waals surface area contributed by atoms with Crippen LogP contribution in [0.25, 0.3) is 109 Å². The van der Waals surface area contributed by atoms with Crippen molar-refractivity contribution < 1.29 is 8.83 Å². The Kier molecular flexibility index (Phi) is 10.6. The lowest BCUT2D eigenvalue weighted by molar-refractivity contribution is 0.668. The van der Waals surface area contributed by atoms with E-state index < -0.39 is 5.41 Å². The van der Waals surface area contributed by atoms with E-state index in [1.54, 1.807) is 0 Å². The van der Waals surface area contributed by atoms with Crippen LogP contribution in [0.3, 0.4) is 0 Å². The first-order chi connectivity index (χ1) is 43.5. The van der Waals surface area contributed by atoms with E-state index in [1.807, 2.05) is 24.3 Å². The fraction of sp³-hybridized carbons (Fsp3) is 0.0617. The summed E-state index contributed by atoms with van der Waals surface area (Å²) < 4.78 is 16.6. The van der Waals surface area contributed by atoms with Gasteiger partial charge in [0.15, 0.2) is 16.7 Å². The summed E-state index contributed by atoms with van der Waals surface area (Å²) in [6.07, 6.45) is 1.80. The van der Waals surface area contributed by atoms with Gasteiger partial charge in [-0.2, -0.15) is 5.26 Å². The number of para-hydroxylation sites is 7. The molecule has 88 heavy (non-hydrogen) atoms. The molecule has 0 radical (unpaired) electrons. The maximum absolute atomic E-state index is 10.5. The molecule has 1 aliphatic carbocycles. The zero-order valence-electron chi connectivity index (χ0n) is 48.1. The molecule has 2 aliphatic rings. The van der Waals surface area contributed by atoms with Crippen molar-refractivity contribution in [2.45, 2.75) is 32.1 Å². The topological polar surface area (TPSA) is 65.8 Å². The molecular formula is C81H51N5O2. The van der Waals surface area contributed by atoms with Crippen molar-refractivity contribution in [1.29, 1.82) is 5.26 Å². The van der Waals surface area contributed by atoms with Crippen LogP contribution in [0.4, 0.5) is 39.8 Å². The van der Waals surface area contributed by atoms with E-state index in [0.717, 1.165) is 101 Å². The molecule has 3 aromatic heterocycles. The summed E-state index contributed by atoms with van der Waals surface area (Å²) in [6.45, 7) is 12.6. The van der Waals surface area contributed by atoms with Gasteiger partial charge in [0.2, 0.25) is 5.69 Å². The Balaban J connectivity index is 1.02. The SMILES string of the molecule is [C-]#[N+]c1cccc2c1oc1c(N(c3ccc(CC)cc3)c3cc4c(c5ccccc35)-c3c(cc(N(c5ccc(CC)cc5)c5cccc6c5oc5c(C#N)cccc56)c5ccccc35)C43c4ccccc4-n4c5ccccc5c5cccc3c54)cccc12. The summed E-state index contributed by atoms with van der Waals surface area (Å²) in [6, 6.07) is 92.8. The van der Waals surface area contributed by atoms with Gasteiger partial charge < -0.3 is 23.2 Å². The van der Waals surface area contributed by atoms with E-state index >= 15 is 0 Å². The normalized spacial score (nSPS) is 13.9. The lowest BCUT2D eigenvalue weighted by Crippen LogP contribution is -2.34. The van der Waals surface area contributed by atoms with Crippen LogP contribution in [-0.4, -0.2) is 4.57 Å². The molecule has 18 rings (SSSR count). The molecule has 1 atom stereocenters. The third kappa shape index (κ3) is 6.59. The number of furan rings is 2. The summed E-state index contributed by atoms with van der Waals surface area (Å²) in [5, 5.41) is 20.9. The Morgan fingerprint density at radius 1 is 0.420 bits per heavy atom. The Morgan fingerprint density at radius 2 is 0.875 bits per heavy atom. The number of nitriles is 1. The number of hydrogen-bond donors (Lipinski definition) is 0. The van der Waals surface area contributed by atoms with Crippen molar-refractivity contribution >= 4 is 127 Å². The lowest BCUT2D eigenvalue weighted by atomic mass is 9.65. The number of hydrogen-bond acceptors (Lipinski definition) is 5. The van der Waals surface area contributed by atoms with E-state index in [1.165, 1.54) is 60.8 Å². The van der Waals surface area contributed by atoms with Crippen molar-refractivity contribution in [2.75, 3.05) is 9.80 Å². The monoisotopic (exact) mass is 1130 g/mol. The van der Waals surface area contributed by atoms with Crippen LogP contribution in [0.5, 0.6) is 0 Å². The first-order valence-corrected chi connectivity index (χ1v) is 30.2. The molecule has 1 spiro atoms. The van der Waals surface area contributed by atoms with Gasteiger partial charge in [-0.05, 0) is 135 Å². The number of fused-ring (bicyclic) bond motifs is 22. The van der Waals surface area contributed by atoms with Gasteiger partial charge in [-0.15, -0.1) is 0 Å². The van der Waals surface area contributed by atoms with Gasteiger partial charge in [-0.25, -0.2) is 4.85 Å². The molecule has 412 valence electrons. The predicted molar refractivity (Wildman–Crippen MR) is 360 cm³/mol. The molecule has 0 saturated carbocycles. The molecule has 7 nitrogen and oxygen atoms in total. The second kappa shape index (κ2) is 18.7. The average Bonchev–Trinajstić information content (AvgIpc) is 1.47. The van der Waals surface area contributed by atoms with Gasteiger partial charge in [0.25, 0.3) is 0 Å². The molecule has 1 unspecified atom stereocenters. The highest BCUT2D eigenvalue weighted by Crippen LogP contribution is 2.66. The van der Waals surface area contributed by atoms with Crippen molar-refractivity contribution in [1.82, 2.24) is 4.57 Å². The van der Waals surface area contributed by atoms with E-state index in [-0.39, 0.29) is 0 Å². The predicted octanol–water partition coefficient (Wildman–Crippen LogP) is 22.1. The summed E-state index contributed by atoms with van der Waals surface area (Å²) in [5.74, 6) is 0. The number of benzene rings is 13. The zero-order valence-corrected chi connectivity index (χ0v) is 48.1. The van der Waals surface area contributed by atoms with Gasteiger partial charge in [0, 0.05) is 54.5 Å². The molecule has 4 heterocycles. The molecule has 16 aromatic rings. The first kappa shape index (κ1) is 49.8. The van der Waals surface area contributed by atoms with Gasteiger partial charge in [-0.1, -0.05) is 196 Å². The molecular weight excluding hydrogens is 1070 g/mol. The standard InChI is InChI=1S/C81H51N5O2/c1-4-48-37-41-51(42-38-48)84(70-35-17-28-61-59-26-14-19-50(47-82)77(59)87-79(61)70)72-45-65-74(56-23-8-6-20-53(56)72)75-57-24-9-7-21-54(57)73(85(52-43-39-49(5-2)40-44-52)71-36-18-29-62-60-27-16-32-67(83-3)78(60)88-80(62)71)46-66(75)81(65)63-30-11-13-34-69(63)86-68-33-12-10-22-55(68)58-25-15-31-64(81)76(58)86/h6-46H,4-5H2,1-2H3. The summed E-state index contributed by atoms with van der Waals surface area (Å²) in [4.78, 5) is 8.76. The Hall–Kier alpha value is -11.6. The Bertz CT molecular complexity index is 5500. The Morgan fingerprint density at radius 3 is 1.45 bits per heavy atom. The van der Waals surface area contributed by atoms with Crippen molar-refractivity contribution in [3.05, 3.63) is 299 Å². The van der Waals surface area contributed by atoms with E-state index in [9.17, 15) is 5.26 Å². The number of aryl methyl sites for hydroxylation is 2. The van der Waals surface area contributed by atoms with Gasteiger partial charge in [0.05, 0.1) is 57.0 Å². The molecule has 13 aromatic carbocycles. The Labute approximate surface area is 506 Å². The second-order valence-corrected chi connectivity index (χ2v) is 23.3. The fourth-order valence-electron chi connectivity index (χ4n) is 15.3. The highest BCUT2D eigenvalue weighted by molar-refractivity contribution is 6.22. The van der Waals surface area contributed by atoms with Crippen molar-refractivity contribution in [2.24, 2.45) is 0 Å². The zero-order chi connectivity index (χ0) is 58.5. The number of anilines is 6. The number of aromatic nitrogens is 1. The minimum Gasteiger partial charge on any atom is -0.465 e. The van der Waals surface area contributed by atoms with Gasteiger partial charge >= 0.3 is 0 Å². The van der Waals surface area contributed by atoms with Crippen molar-refractivity contribution in [3.8, 4) is 22.9 Å². The van der Waals surface area contributed by atoms with Crippen LogP contribution in [0.1, 0.15) is 52.8 Å². The largest absolute Gasteiger partial charge is 0.465 e. The van der Waals surface area contributed by atoms with E-state index in [0.29, 0.717) is 33.6 Å². The highest BCUT2D eigenvalue weighted by atomic mass is 16.3. The molecule has 0 fully saturated rings. The minimum atomic E-state index is -0.943. The second-order valence-electron chi connectivity index (χ2n) is 23.3. The molecule has 7 heteroatoms. The van der Waals surface area contributed by atoms with Gasteiger partial charge in [-0.3, -0.25) is 0 Å². The molecule has 0 amide bonds. The quantitative estimate of drug-likeness (QED) is 0.142. The lowest BCUT2D eigenvalue weighted by Gasteiger charge is -2.40. The van der Waals surface area contributed by atoms with E-state index in [4.69, 9.17) is 15.4 Å². The number of nitrogens with zero attached hydrogens (tertiary/aromatic N) is 5. The minimum absolute atomic E-state index is 0.481. The van der Waals surface area contributed by atoms with Crippen LogP contribution in [0.2, 0.25) is 0 Å². The molecule has 0 N–H and O–H groups in total. The fourth-order valence-corrected chi connectivity index (χ4v) is 15.3. The third-order valence-electron chi connectivity index (χ3n) is 19.1. The average molecular weight is 1130 g/mol. The van der Waals surface area contributed by atoms with Crippen LogP contribution >= 0.6 is 0 Å². The van der Waals surface area contributed by atoms with Crippen LogP contribution < -0.4 is 9.80 Å². The summed E-state index contributed by atoms with van der Waals surface area (Å²) in [5.41, 5.74) is 21.3. The van der Waals surface area contributed by atoms with E-state index in [2.05, 4.69) is 264 Å². The first-order valence-electron chi connectivity index (χ1n) is 30.2. The highest BCUT2D eigenvalue weighted by Gasteiger charge is 2.53. The smallest absolute Gasteiger partial charge is 0.229 e. The molecule has 0 bridgehead atoms. The van der Waals surface area contributed by atoms with Crippen LogP contribution in [0, 0.1) is 17.9 Å². The molecule has 1 aliphatic heterocycles. The van der Waals surface area contributed by atoms with Crippen molar-refractivity contribution in [3.63, 3.8) is 0 Å². The summed E-state index contributed by atoms with van der Waals surface area (Å²) in [7, 11) is 0. The maximum Gasteiger partial charge on any atom is 0.229 e. The van der Waals surface area contributed by atoms with Crippen LogP contribution in [0.15, 0.2) is 258 Å². The van der Waals surface area contributed by atoms with Gasteiger partial charge in [0.1, 0.15) is 11.7 Å². The van der Waals surface area contributed by atoms with Crippen LogP contribution in [-0.2, 0) is 18.3 Å².